The van der Waals surface area contributed by atoms with E-state index in [-0.39, 0.29) is 17.6 Å². The van der Waals surface area contributed by atoms with Crippen LogP contribution in [0.1, 0.15) is 13.3 Å². The third kappa shape index (κ3) is 5.07. The SMILES string of the molecule is COCCCN(C)C(C)C(=O)Nc1ccc(Cl)cc1F. The predicted molar refractivity (Wildman–Crippen MR) is 78.6 cm³/mol. The van der Waals surface area contributed by atoms with Crippen LogP contribution in [0.4, 0.5) is 10.1 Å². The minimum Gasteiger partial charge on any atom is -0.385 e. The molecule has 1 aromatic rings. The van der Waals surface area contributed by atoms with Gasteiger partial charge in [-0.05, 0) is 38.6 Å². The number of amides is 1. The predicted octanol–water partition coefficient (Wildman–Crippen LogP) is 2.77. The van der Waals surface area contributed by atoms with Crippen molar-refractivity contribution >= 4 is 23.2 Å². The average molecular weight is 303 g/mol. The molecule has 1 amide bonds. The largest absolute Gasteiger partial charge is 0.385 e. The molecule has 0 saturated heterocycles. The van der Waals surface area contributed by atoms with Gasteiger partial charge in [0, 0.05) is 25.3 Å². The van der Waals surface area contributed by atoms with E-state index < -0.39 is 5.82 Å². The summed E-state index contributed by atoms with van der Waals surface area (Å²) in [6.45, 7) is 3.14. The fourth-order valence-corrected chi connectivity index (χ4v) is 1.84. The Hall–Kier alpha value is -1.17. The molecule has 1 atom stereocenters. The summed E-state index contributed by atoms with van der Waals surface area (Å²) in [6, 6.07) is 3.80. The lowest BCUT2D eigenvalue weighted by Crippen LogP contribution is -2.40. The Labute approximate surface area is 123 Å². The first kappa shape index (κ1) is 16.9. The molecule has 6 heteroatoms. The Morgan fingerprint density at radius 1 is 1.55 bits per heavy atom. The maximum Gasteiger partial charge on any atom is 0.241 e. The normalized spacial score (nSPS) is 12.5. The van der Waals surface area contributed by atoms with Crippen molar-refractivity contribution in [3.63, 3.8) is 0 Å². The van der Waals surface area contributed by atoms with Gasteiger partial charge in [0.15, 0.2) is 0 Å². The van der Waals surface area contributed by atoms with Crippen molar-refractivity contribution in [2.45, 2.75) is 19.4 Å². The van der Waals surface area contributed by atoms with Crippen molar-refractivity contribution in [2.75, 3.05) is 32.6 Å². The molecular formula is C14H20ClFN2O2. The number of hydrogen-bond donors (Lipinski definition) is 1. The highest BCUT2D eigenvalue weighted by Crippen LogP contribution is 2.19. The van der Waals surface area contributed by atoms with E-state index in [2.05, 4.69) is 5.32 Å². The molecule has 112 valence electrons. The summed E-state index contributed by atoms with van der Waals surface area (Å²) in [5.41, 5.74) is 0.136. The number of nitrogens with zero attached hydrogens (tertiary/aromatic N) is 1. The Bertz CT molecular complexity index is 457. The molecule has 0 spiro atoms. The summed E-state index contributed by atoms with van der Waals surface area (Å²) in [7, 11) is 3.48. The Kier molecular flexibility index (Phi) is 6.91. The number of likely N-dealkylation sites (N-methyl/N-ethyl adjacent to an activating group) is 1. The quantitative estimate of drug-likeness (QED) is 0.788. The molecule has 0 fully saturated rings. The van der Waals surface area contributed by atoms with E-state index in [4.69, 9.17) is 16.3 Å². The van der Waals surface area contributed by atoms with Gasteiger partial charge in [-0.3, -0.25) is 9.69 Å². The van der Waals surface area contributed by atoms with Gasteiger partial charge in [0.1, 0.15) is 5.82 Å². The van der Waals surface area contributed by atoms with Crippen molar-refractivity contribution in [3.8, 4) is 0 Å². The number of benzene rings is 1. The maximum atomic E-state index is 13.6. The number of rotatable bonds is 7. The van der Waals surface area contributed by atoms with Crippen LogP contribution in [0.2, 0.25) is 5.02 Å². The van der Waals surface area contributed by atoms with Crippen molar-refractivity contribution in [2.24, 2.45) is 0 Å². The lowest BCUT2D eigenvalue weighted by atomic mass is 10.2. The van der Waals surface area contributed by atoms with Gasteiger partial charge < -0.3 is 10.1 Å². The number of methoxy groups -OCH3 is 1. The monoisotopic (exact) mass is 302 g/mol. The van der Waals surface area contributed by atoms with Gasteiger partial charge in [0.25, 0.3) is 0 Å². The zero-order valence-corrected chi connectivity index (χ0v) is 12.7. The summed E-state index contributed by atoms with van der Waals surface area (Å²) in [5, 5.41) is 2.86. The molecule has 0 bridgehead atoms. The minimum absolute atomic E-state index is 0.136. The second-order valence-corrected chi connectivity index (χ2v) is 5.05. The number of anilines is 1. The molecule has 4 nitrogen and oxygen atoms in total. The second-order valence-electron chi connectivity index (χ2n) is 4.62. The topological polar surface area (TPSA) is 41.6 Å². The van der Waals surface area contributed by atoms with Gasteiger partial charge in [-0.15, -0.1) is 0 Å². The highest BCUT2D eigenvalue weighted by atomic mass is 35.5. The summed E-state index contributed by atoms with van der Waals surface area (Å²) in [4.78, 5) is 13.9. The fourth-order valence-electron chi connectivity index (χ4n) is 1.68. The minimum atomic E-state index is -0.542. The van der Waals surface area contributed by atoms with Crippen molar-refractivity contribution < 1.29 is 13.9 Å². The molecule has 1 rings (SSSR count). The highest BCUT2D eigenvalue weighted by Gasteiger charge is 2.18. The standard InChI is InChI=1S/C14H20ClFN2O2/c1-10(18(2)7-4-8-20-3)14(19)17-13-6-5-11(15)9-12(13)16/h5-6,9-10H,4,7-8H2,1-3H3,(H,17,19). The molecule has 0 heterocycles. The number of ether oxygens (including phenoxy) is 1. The lowest BCUT2D eigenvalue weighted by Gasteiger charge is -2.23. The third-order valence-corrected chi connectivity index (χ3v) is 3.32. The number of nitrogens with one attached hydrogen (secondary N) is 1. The second kappa shape index (κ2) is 8.19. The first-order valence-electron chi connectivity index (χ1n) is 6.40. The Morgan fingerprint density at radius 3 is 2.85 bits per heavy atom. The number of hydrogen-bond acceptors (Lipinski definition) is 3. The van der Waals surface area contributed by atoms with Gasteiger partial charge >= 0.3 is 0 Å². The third-order valence-electron chi connectivity index (χ3n) is 3.09. The van der Waals surface area contributed by atoms with Crippen LogP contribution in [0, 0.1) is 5.82 Å². The molecule has 20 heavy (non-hydrogen) atoms. The van der Waals surface area contributed by atoms with Gasteiger partial charge in [0.05, 0.1) is 11.7 Å². The summed E-state index contributed by atoms with van der Waals surface area (Å²) < 4.78 is 18.6. The van der Waals surface area contributed by atoms with E-state index >= 15 is 0 Å². The number of carbonyl (C=O) groups excluding carboxylic acids is 1. The molecular weight excluding hydrogens is 283 g/mol. The molecule has 0 aliphatic rings. The summed E-state index contributed by atoms with van der Waals surface area (Å²) in [5.74, 6) is -0.800. The van der Waals surface area contributed by atoms with E-state index in [9.17, 15) is 9.18 Å². The van der Waals surface area contributed by atoms with Crippen LogP contribution in [0.3, 0.4) is 0 Å². The van der Waals surface area contributed by atoms with Crippen LogP contribution < -0.4 is 5.32 Å². The highest BCUT2D eigenvalue weighted by molar-refractivity contribution is 6.30. The number of carbonyl (C=O) groups is 1. The van der Waals surface area contributed by atoms with Crippen molar-refractivity contribution in [1.29, 1.82) is 0 Å². The molecule has 0 aliphatic heterocycles. The van der Waals surface area contributed by atoms with Gasteiger partial charge in [-0.25, -0.2) is 4.39 Å². The maximum absolute atomic E-state index is 13.6. The van der Waals surface area contributed by atoms with Crippen LogP contribution in [-0.2, 0) is 9.53 Å². The Balaban J connectivity index is 2.56. The number of halogens is 2. The van der Waals surface area contributed by atoms with Crippen LogP contribution in [-0.4, -0.2) is 44.2 Å². The van der Waals surface area contributed by atoms with E-state index in [1.807, 2.05) is 11.9 Å². The zero-order valence-electron chi connectivity index (χ0n) is 12.0. The molecule has 1 aromatic carbocycles. The fraction of sp³-hybridized carbons (Fsp3) is 0.500. The van der Waals surface area contributed by atoms with E-state index in [1.165, 1.54) is 18.2 Å². The molecule has 0 aliphatic carbocycles. The molecule has 0 radical (unpaired) electrons. The molecule has 0 aromatic heterocycles. The lowest BCUT2D eigenvalue weighted by molar-refractivity contribution is -0.120. The van der Waals surface area contributed by atoms with Crippen molar-refractivity contribution in [3.05, 3.63) is 29.0 Å². The smallest absolute Gasteiger partial charge is 0.241 e. The van der Waals surface area contributed by atoms with Crippen LogP contribution >= 0.6 is 11.6 Å². The first-order valence-corrected chi connectivity index (χ1v) is 6.78. The first-order chi connectivity index (χ1) is 9.45. The van der Waals surface area contributed by atoms with Crippen LogP contribution in [0.15, 0.2) is 18.2 Å². The Morgan fingerprint density at radius 2 is 2.25 bits per heavy atom. The van der Waals surface area contributed by atoms with E-state index in [0.29, 0.717) is 11.6 Å². The van der Waals surface area contributed by atoms with Gasteiger partial charge in [-0.1, -0.05) is 11.6 Å². The summed E-state index contributed by atoms with van der Waals surface area (Å²) >= 11 is 5.66. The van der Waals surface area contributed by atoms with E-state index in [0.717, 1.165) is 13.0 Å². The van der Waals surface area contributed by atoms with Crippen molar-refractivity contribution in [1.82, 2.24) is 4.90 Å². The van der Waals surface area contributed by atoms with Gasteiger partial charge in [0.2, 0.25) is 5.91 Å². The van der Waals surface area contributed by atoms with Crippen LogP contribution in [0.25, 0.3) is 0 Å². The molecule has 1 unspecified atom stereocenters. The average Bonchev–Trinajstić information content (AvgIpc) is 2.41. The van der Waals surface area contributed by atoms with E-state index in [1.54, 1.807) is 14.0 Å². The molecule has 0 saturated carbocycles. The zero-order chi connectivity index (χ0) is 15.1. The van der Waals surface area contributed by atoms with Crippen LogP contribution in [0.5, 0.6) is 0 Å². The molecule has 1 N–H and O–H groups in total. The van der Waals surface area contributed by atoms with Gasteiger partial charge in [-0.2, -0.15) is 0 Å². The summed E-state index contributed by atoms with van der Waals surface area (Å²) in [6.07, 6.45) is 0.833.